The Kier molecular flexibility index (Phi) is 6.19. The summed E-state index contributed by atoms with van der Waals surface area (Å²) in [6.07, 6.45) is 3.70. The summed E-state index contributed by atoms with van der Waals surface area (Å²) >= 11 is 0. The van der Waals surface area contributed by atoms with E-state index in [-0.39, 0.29) is 0 Å². The number of rotatable bonds is 4. The summed E-state index contributed by atoms with van der Waals surface area (Å²) in [7, 11) is 0. The van der Waals surface area contributed by atoms with E-state index in [0.717, 1.165) is 76.5 Å². The largest absolute Gasteiger partial charge is 0.386 e. The van der Waals surface area contributed by atoms with E-state index < -0.39 is 0 Å². The predicted octanol–water partition coefficient (Wildman–Crippen LogP) is 8.01. The maximum Gasteiger partial charge on any atom is 0.376 e. The van der Waals surface area contributed by atoms with Crippen molar-refractivity contribution in [2.45, 2.75) is 81.1 Å². The molecule has 5 heterocycles. The van der Waals surface area contributed by atoms with Gasteiger partial charge in [-0.05, 0) is 93.4 Å². The van der Waals surface area contributed by atoms with Crippen LogP contribution in [-0.4, -0.2) is 15.0 Å². The summed E-state index contributed by atoms with van der Waals surface area (Å²) in [5.41, 5.74) is 16.2. The van der Waals surface area contributed by atoms with Crippen LogP contribution in [0.5, 0.6) is 0 Å². The van der Waals surface area contributed by atoms with Gasteiger partial charge in [0.15, 0.2) is 0 Å². The Morgan fingerprint density at radius 2 is 1.33 bits per heavy atom. The molecule has 2 aromatic heterocycles. The van der Waals surface area contributed by atoms with E-state index in [2.05, 4.69) is 83.6 Å². The Bertz CT molecular complexity index is 1560. The summed E-state index contributed by atoms with van der Waals surface area (Å²) in [5.74, 6) is 1.44. The van der Waals surface area contributed by atoms with Crippen LogP contribution in [0.1, 0.15) is 113 Å². The minimum Gasteiger partial charge on any atom is -0.386 e. The van der Waals surface area contributed by atoms with Crippen molar-refractivity contribution in [3.63, 3.8) is 0 Å². The summed E-state index contributed by atoms with van der Waals surface area (Å²) in [6, 6.07) is 6.61. The Morgan fingerprint density at radius 3 is 2.00 bits per heavy atom. The molecule has 5 nitrogen and oxygen atoms in total. The smallest absolute Gasteiger partial charge is 0.376 e. The topological polar surface area (TPSA) is 68.8 Å². The molecular formula is C31H37N4O+. The minimum atomic E-state index is 0.675. The number of hydrogen-bond donors (Lipinski definition) is 1. The van der Waals surface area contributed by atoms with E-state index in [4.69, 9.17) is 14.4 Å². The van der Waals surface area contributed by atoms with Crippen LogP contribution in [-0.2, 0) is 6.42 Å². The molecule has 0 unspecified atom stereocenters. The normalized spacial score (nSPS) is 14.8. The molecule has 36 heavy (non-hydrogen) atoms. The predicted molar refractivity (Wildman–Crippen MR) is 149 cm³/mol. The molecule has 0 radical (unpaired) electrons. The number of allylic oxidation sites excluding steroid dienone is 6. The minimum absolute atomic E-state index is 0.675. The second-order valence-corrected chi connectivity index (χ2v) is 9.87. The lowest BCUT2D eigenvalue weighted by Crippen LogP contribution is -2.07. The molecule has 0 saturated heterocycles. The third-order valence-corrected chi connectivity index (χ3v) is 7.97. The SMILES string of the molecule is CCC1=C(C)c2cc3[nH+]c(oc4nc(cc5[nH]c(cc1n2)c(CC)c5C)C(CC)=C4C)C(C)=C3CC. The van der Waals surface area contributed by atoms with E-state index in [1.54, 1.807) is 0 Å². The lowest BCUT2D eigenvalue weighted by Gasteiger charge is -2.00. The fraction of sp³-hybridized carbons (Fsp3) is 0.387. The number of hydrogen-bond acceptors (Lipinski definition) is 3. The van der Waals surface area contributed by atoms with Gasteiger partial charge in [0.2, 0.25) is 11.6 Å². The van der Waals surface area contributed by atoms with E-state index >= 15 is 0 Å². The zero-order chi connectivity index (χ0) is 25.7. The van der Waals surface area contributed by atoms with Gasteiger partial charge in [0.1, 0.15) is 0 Å². The Balaban J connectivity index is 1.97. The Hall–Kier alpha value is -3.47. The molecule has 0 amide bonds. The molecule has 0 fully saturated rings. The second-order valence-electron chi connectivity index (χ2n) is 9.87. The van der Waals surface area contributed by atoms with E-state index in [0.29, 0.717) is 5.89 Å². The quantitative estimate of drug-likeness (QED) is 0.481. The molecule has 5 rings (SSSR count). The number of aromatic nitrogens is 4. The van der Waals surface area contributed by atoms with Gasteiger partial charge in [-0.15, -0.1) is 0 Å². The molecule has 5 heteroatoms. The fourth-order valence-corrected chi connectivity index (χ4v) is 5.80. The van der Waals surface area contributed by atoms with Gasteiger partial charge in [0.25, 0.3) is 0 Å². The first-order valence-corrected chi connectivity index (χ1v) is 13.3. The molecule has 2 N–H and O–H groups in total. The van der Waals surface area contributed by atoms with Crippen LogP contribution >= 0.6 is 0 Å². The van der Waals surface area contributed by atoms with Crippen molar-refractivity contribution in [2.24, 2.45) is 0 Å². The van der Waals surface area contributed by atoms with E-state index in [9.17, 15) is 0 Å². The summed E-state index contributed by atoms with van der Waals surface area (Å²) in [6.45, 7) is 17.4. The van der Waals surface area contributed by atoms with Crippen LogP contribution in [0.2, 0.25) is 0 Å². The van der Waals surface area contributed by atoms with Crippen LogP contribution < -0.4 is 4.98 Å². The number of aromatic amines is 2. The standard InChI is InChI=1S/C31H36N4O/c1-9-20-16(5)24-13-28-22(11-3)18(7)30(34-28)36-31-19(8)23(12-4)29(35-31)14-25-17(6)21(10-2)27(33-25)15-26(20)32-24/h13-15,32H,9-12H2,1-8H3/p+1. The van der Waals surface area contributed by atoms with Crippen molar-refractivity contribution in [1.82, 2.24) is 15.0 Å². The maximum absolute atomic E-state index is 6.47. The second kappa shape index (κ2) is 9.20. The van der Waals surface area contributed by atoms with Gasteiger partial charge < -0.3 is 9.40 Å². The lowest BCUT2D eigenvalue weighted by molar-refractivity contribution is -0.398. The summed E-state index contributed by atoms with van der Waals surface area (Å²) < 4.78 is 6.47. The van der Waals surface area contributed by atoms with Crippen LogP contribution in [0.4, 0.5) is 0 Å². The summed E-state index contributed by atoms with van der Waals surface area (Å²) in [5, 5.41) is 0. The van der Waals surface area contributed by atoms with E-state index in [1.807, 2.05) is 0 Å². The average Bonchev–Trinajstić information content (AvgIpc) is 3.51. The van der Waals surface area contributed by atoms with Crippen molar-refractivity contribution >= 4 is 44.5 Å². The van der Waals surface area contributed by atoms with E-state index in [1.165, 1.54) is 33.4 Å². The molecular weight excluding hydrogens is 444 g/mol. The molecule has 3 aliphatic heterocycles. The third kappa shape index (κ3) is 3.73. The van der Waals surface area contributed by atoms with Gasteiger partial charge in [0, 0.05) is 28.2 Å². The molecule has 3 aliphatic rings. The Morgan fingerprint density at radius 1 is 0.694 bits per heavy atom. The molecule has 8 bridgehead atoms. The first-order valence-electron chi connectivity index (χ1n) is 13.3. The number of aryl methyl sites for hydroxylation is 2. The van der Waals surface area contributed by atoms with Gasteiger partial charge in [-0.3, -0.25) is 0 Å². The molecule has 0 spiro atoms. The number of fused-ring (bicyclic) bond motifs is 8. The maximum atomic E-state index is 6.47. The zero-order valence-electron chi connectivity index (χ0n) is 22.9. The van der Waals surface area contributed by atoms with Crippen molar-refractivity contribution in [3.8, 4) is 0 Å². The zero-order valence-corrected chi connectivity index (χ0v) is 22.9. The molecule has 0 atom stereocenters. The van der Waals surface area contributed by atoms with Crippen molar-refractivity contribution in [1.29, 1.82) is 0 Å². The Labute approximate surface area is 213 Å². The first kappa shape index (κ1) is 24.2. The van der Waals surface area contributed by atoms with Crippen LogP contribution in [0.15, 0.2) is 22.6 Å². The molecule has 0 saturated carbocycles. The highest BCUT2D eigenvalue weighted by molar-refractivity contribution is 5.94. The third-order valence-electron chi connectivity index (χ3n) is 7.97. The number of nitrogens with one attached hydrogen (secondary N) is 2. The lowest BCUT2D eigenvalue weighted by atomic mass is 10.0. The monoisotopic (exact) mass is 481 g/mol. The molecule has 0 aliphatic carbocycles. The number of nitrogens with zero attached hydrogens (tertiary/aromatic N) is 2. The highest BCUT2D eigenvalue weighted by atomic mass is 16.4. The highest BCUT2D eigenvalue weighted by Gasteiger charge is 2.28. The van der Waals surface area contributed by atoms with Crippen LogP contribution in [0.25, 0.3) is 44.5 Å². The van der Waals surface area contributed by atoms with Crippen molar-refractivity contribution < 1.29 is 9.40 Å². The van der Waals surface area contributed by atoms with Crippen LogP contribution in [0.3, 0.4) is 0 Å². The van der Waals surface area contributed by atoms with Gasteiger partial charge in [-0.1, -0.05) is 27.7 Å². The van der Waals surface area contributed by atoms with Gasteiger partial charge in [-0.2, -0.15) is 4.98 Å². The van der Waals surface area contributed by atoms with Crippen LogP contribution in [0, 0.1) is 6.92 Å². The van der Waals surface area contributed by atoms with Crippen molar-refractivity contribution in [3.05, 3.63) is 63.9 Å². The van der Waals surface area contributed by atoms with Gasteiger partial charge in [-0.25, -0.2) is 9.97 Å². The molecule has 2 aromatic rings. The van der Waals surface area contributed by atoms with Crippen molar-refractivity contribution in [2.75, 3.05) is 0 Å². The highest BCUT2D eigenvalue weighted by Crippen LogP contribution is 2.37. The first-order chi connectivity index (χ1) is 17.3. The molecule has 0 aromatic carbocycles. The molecule has 186 valence electrons. The number of H-pyrrole nitrogens is 2. The van der Waals surface area contributed by atoms with Gasteiger partial charge >= 0.3 is 5.89 Å². The van der Waals surface area contributed by atoms with Gasteiger partial charge in [0.05, 0.1) is 22.7 Å². The fourth-order valence-electron chi connectivity index (χ4n) is 5.80. The average molecular weight is 482 g/mol. The summed E-state index contributed by atoms with van der Waals surface area (Å²) in [4.78, 5) is 17.4.